The van der Waals surface area contributed by atoms with E-state index < -0.39 is 5.82 Å². The predicted octanol–water partition coefficient (Wildman–Crippen LogP) is 3.37. The monoisotopic (exact) mass is 287 g/mol. The van der Waals surface area contributed by atoms with Crippen LogP contribution in [0.2, 0.25) is 5.02 Å². The molecule has 0 N–H and O–H groups in total. The Balaban J connectivity index is 3.00. The topological polar surface area (TPSA) is 29.5 Å². The lowest BCUT2D eigenvalue weighted by Crippen LogP contribution is -2.40. The van der Waals surface area contributed by atoms with Crippen molar-refractivity contribution in [3.8, 4) is 0 Å². The van der Waals surface area contributed by atoms with Gasteiger partial charge in [-0.25, -0.2) is 4.39 Å². The minimum absolute atomic E-state index is 0.00361. The average molecular weight is 288 g/mol. The van der Waals surface area contributed by atoms with E-state index in [-0.39, 0.29) is 17.5 Å². The lowest BCUT2D eigenvalue weighted by molar-refractivity contribution is 0.0609. The molecule has 106 valence electrons. The highest BCUT2D eigenvalue weighted by atomic mass is 35.5. The summed E-state index contributed by atoms with van der Waals surface area (Å²) in [7, 11) is 1.57. The van der Waals surface area contributed by atoms with Gasteiger partial charge in [0, 0.05) is 24.7 Å². The van der Waals surface area contributed by atoms with Crippen molar-refractivity contribution in [1.29, 1.82) is 0 Å². The third-order valence-corrected chi connectivity index (χ3v) is 3.31. The highest BCUT2D eigenvalue weighted by molar-refractivity contribution is 6.31. The van der Waals surface area contributed by atoms with Gasteiger partial charge in [0.2, 0.25) is 0 Å². The van der Waals surface area contributed by atoms with E-state index in [2.05, 4.69) is 0 Å². The third-order valence-electron chi connectivity index (χ3n) is 3.08. The molecular weight excluding hydrogens is 269 g/mol. The van der Waals surface area contributed by atoms with E-state index >= 15 is 0 Å². The van der Waals surface area contributed by atoms with E-state index in [1.807, 2.05) is 13.8 Å². The van der Waals surface area contributed by atoms with Crippen LogP contribution in [0, 0.1) is 5.82 Å². The standard InChI is InChI=1S/C14H19ClFNO2/c1-4-10(2)17(7-8-19-3)14(18)12-9-11(15)5-6-13(12)16/h5-6,9-10H,4,7-8H2,1-3H3. The quantitative estimate of drug-likeness (QED) is 0.803. The highest BCUT2D eigenvalue weighted by Gasteiger charge is 2.23. The molecule has 0 heterocycles. The van der Waals surface area contributed by atoms with E-state index in [0.29, 0.717) is 18.2 Å². The first kappa shape index (κ1) is 15.9. The summed E-state index contributed by atoms with van der Waals surface area (Å²) >= 11 is 5.82. The number of rotatable bonds is 6. The van der Waals surface area contributed by atoms with Gasteiger partial charge < -0.3 is 9.64 Å². The highest BCUT2D eigenvalue weighted by Crippen LogP contribution is 2.18. The number of carbonyl (C=O) groups excluding carboxylic acids is 1. The summed E-state index contributed by atoms with van der Waals surface area (Å²) in [4.78, 5) is 14.0. The van der Waals surface area contributed by atoms with Crippen LogP contribution in [0.1, 0.15) is 30.6 Å². The van der Waals surface area contributed by atoms with Gasteiger partial charge in [-0.2, -0.15) is 0 Å². The number of methoxy groups -OCH3 is 1. The molecule has 3 nitrogen and oxygen atoms in total. The maximum atomic E-state index is 13.7. The van der Waals surface area contributed by atoms with E-state index in [1.54, 1.807) is 12.0 Å². The lowest BCUT2D eigenvalue weighted by Gasteiger charge is -2.28. The third kappa shape index (κ3) is 4.18. The van der Waals surface area contributed by atoms with Gasteiger partial charge >= 0.3 is 0 Å². The molecule has 1 aromatic rings. The Labute approximate surface area is 118 Å². The second kappa shape index (κ2) is 7.46. The second-order valence-electron chi connectivity index (χ2n) is 4.37. The molecular formula is C14H19ClFNO2. The first-order chi connectivity index (χ1) is 9.01. The SMILES string of the molecule is CCC(C)N(CCOC)C(=O)c1cc(Cl)ccc1F. The lowest BCUT2D eigenvalue weighted by atomic mass is 10.1. The number of amides is 1. The summed E-state index contributed by atoms with van der Waals surface area (Å²) in [5.74, 6) is -0.911. The number of benzene rings is 1. The van der Waals surface area contributed by atoms with Crippen LogP contribution < -0.4 is 0 Å². The number of carbonyl (C=O) groups is 1. The molecule has 1 aromatic carbocycles. The summed E-state index contributed by atoms with van der Waals surface area (Å²) < 4.78 is 18.7. The molecule has 1 unspecified atom stereocenters. The molecule has 0 aliphatic carbocycles. The van der Waals surface area contributed by atoms with Crippen molar-refractivity contribution in [2.24, 2.45) is 0 Å². The van der Waals surface area contributed by atoms with Gasteiger partial charge in [-0.3, -0.25) is 4.79 Å². The molecule has 0 fully saturated rings. The molecule has 0 aromatic heterocycles. The fraction of sp³-hybridized carbons (Fsp3) is 0.500. The van der Waals surface area contributed by atoms with Gasteiger partial charge in [-0.1, -0.05) is 18.5 Å². The van der Waals surface area contributed by atoms with Crippen molar-refractivity contribution < 1.29 is 13.9 Å². The number of hydrogen-bond acceptors (Lipinski definition) is 2. The summed E-state index contributed by atoms with van der Waals surface area (Å²) in [6, 6.07) is 4.01. The normalized spacial score (nSPS) is 12.3. The van der Waals surface area contributed by atoms with Crippen molar-refractivity contribution in [3.05, 3.63) is 34.6 Å². The van der Waals surface area contributed by atoms with Gasteiger partial charge in [0.15, 0.2) is 0 Å². The van der Waals surface area contributed by atoms with Crippen molar-refractivity contribution in [2.75, 3.05) is 20.3 Å². The van der Waals surface area contributed by atoms with E-state index in [1.165, 1.54) is 18.2 Å². The van der Waals surface area contributed by atoms with Gasteiger partial charge in [-0.15, -0.1) is 0 Å². The molecule has 19 heavy (non-hydrogen) atoms. The van der Waals surface area contributed by atoms with Crippen LogP contribution in [0.5, 0.6) is 0 Å². The van der Waals surface area contributed by atoms with Crippen molar-refractivity contribution >= 4 is 17.5 Å². The number of nitrogens with zero attached hydrogens (tertiary/aromatic N) is 1. The molecule has 0 radical (unpaired) electrons. The fourth-order valence-electron chi connectivity index (χ4n) is 1.75. The first-order valence-corrected chi connectivity index (χ1v) is 6.64. The Morgan fingerprint density at radius 3 is 2.79 bits per heavy atom. The number of hydrogen-bond donors (Lipinski definition) is 0. The van der Waals surface area contributed by atoms with Crippen LogP contribution >= 0.6 is 11.6 Å². The zero-order valence-electron chi connectivity index (χ0n) is 11.5. The van der Waals surface area contributed by atoms with Crippen LogP contribution in [-0.2, 0) is 4.74 Å². The maximum absolute atomic E-state index is 13.7. The van der Waals surface area contributed by atoms with Gasteiger partial charge in [0.25, 0.3) is 5.91 Å². The van der Waals surface area contributed by atoms with Crippen molar-refractivity contribution in [1.82, 2.24) is 4.90 Å². The molecule has 0 bridgehead atoms. The van der Waals surface area contributed by atoms with Crippen molar-refractivity contribution in [2.45, 2.75) is 26.3 Å². The molecule has 0 aliphatic heterocycles. The molecule has 0 spiro atoms. The van der Waals surface area contributed by atoms with Crippen LogP contribution in [0.4, 0.5) is 4.39 Å². The Bertz CT molecular complexity index is 439. The summed E-state index contributed by atoms with van der Waals surface area (Å²) in [5.41, 5.74) is 0.00361. The largest absolute Gasteiger partial charge is 0.383 e. The zero-order valence-corrected chi connectivity index (χ0v) is 12.2. The van der Waals surface area contributed by atoms with E-state index in [4.69, 9.17) is 16.3 Å². The summed E-state index contributed by atoms with van der Waals surface area (Å²) in [6.45, 7) is 4.75. The van der Waals surface area contributed by atoms with Crippen LogP contribution in [0.3, 0.4) is 0 Å². The zero-order chi connectivity index (χ0) is 14.4. The van der Waals surface area contributed by atoms with Gasteiger partial charge in [-0.05, 0) is 31.5 Å². The van der Waals surface area contributed by atoms with E-state index in [9.17, 15) is 9.18 Å². The minimum Gasteiger partial charge on any atom is -0.383 e. The Morgan fingerprint density at radius 1 is 1.53 bits per heavy atom. The molecule has 5 heteroatoms. The van der Waals surface area contributed by atoms with Crippen LogP contribution in [0.25, 0.3) is 0 Å². The molecule has 0 aliphatic rings. The smallest absolute Gasteiger partial charge is 0.257 e. The Hall–Kier alpha value is -1.13. The molecule has 0 saturated carbocycles. The number of halogens is 2. The van der Waals surface area contributed by atoms with Crippen molar-refractivity contribution in [3.63, 3.8) is 0 Å². The van der Waals surface area contributed by atoms with Crippen LogP contribution in [0.15, 0.2) is 18.2 Å². The van der Waals surface area contributed by atoms with Gasteiger partial charge in [0.05, 0.1) is 12.2 Å². The molecule has 0 saturated heterocycles. The fourth-order valence-corrected chi connectivity index (χ4v) is 1.92. The average Bonchev–Trinajstić information content (AvgIpc) is 2.41. The minimum atomic E-state index is -0.555. The molecule has 1 atom stereocenters. The van der Waals surface area contributed by atoms with E-state index in [0.717, 1.165) is 6.42 Å². The van der Waals surface area contributed by atoms with Crippen LogP contribution in [-0.4, -0.2) is 37.1 Å². The Morgan fingerprint density at radius 2 is 2.21 bits per heavy atom. The first-order valence-electron chi connectivity index (χ1n) is 6.26. The summed E-state index contributed by atoms with van der Waals surface area (Å²) in [5, 5.41) is 0.348. The predicted molar refractivity (Wildman–Crippen MR) is 74.1 cm³/mol. The second-order valence-corrected chi connectivity index (χ2v) is 4.81. The summed E-state index contributed by atoms with van der Waals surface area (Å²) in [6.07, 6.45) is 0.789. The molecule has 1 rings (SSSR count). The Kier molecular flexibility index (Phi) is 6.25. The van der Waals surface area contributed by atoms with Gasteiger partial charge in [0.1, 0.15) is 5.82 Å². The number of ether oxygens (including phenoxy) is 1. The molecule has 1 amide bonds. The maximum Gasteiger partial charge on any atom is 0.257 e.